The van der Waals surface area contributed by atoms with Gasteiger partial charge in [-0.25, -0.2) is 0 Å². The molecule has 0 unspecified atom stereocenters. The molecule has 4 aliphatic rings. The number of fused-ring (bicyclic) bond motifs is 5. The maximum atomic E-state index is 12.4. The Balaban J connectivity index is 1.68. The monoisotopic (exact) mass is 316 g/mol. The maximum absolute atomic E-state index is 12.4. The summed E-state index contributed by atoms with van der Waals surface area (Å²) in [5, 5.41) is 9.46. The van der Waals surface area contributed by atoms with Crippen molar-refractivity contribution in [2.24, 2.45) is 34.5 Å². The fourth-order valence-corrected chi connectivity index (χ4v) is 6.90. The number of allylic oxidation sites excluding steroid dienone is 1. The molecule has 126 valence electrons. The fourth-order valence-electron chi connectivity index (χ4n) is 6.90. The van der Waals surface area contributed by atoms with Gasteiger partial charge in [0.05, 0.1) is 6.26 Å². The van der Waals surface area contributed by atoms with Crippen LogP contribution in [0.5, 0.6) is 0 Å². The van der Waals surface area contributed by atoms with E-state index in [0.29, 0.717) is 41.4 Å². The molecular weight excluding hydrogens is 288 g/mol. The number of carbonyl (C=O) groups excluding carboxylic acids is 2. The molecule has 0 bridgehead atoms. The zero-order valence-corrected chi connectivity index (χ0v) is 14.3. The normalized spacial score (nSPS) is 51.3. The van der Waals surface area contributed by atoms with Crippen molar-refractivity contribution in [3.8, 4) is 0 Å². The van der Waals surface area contributed by atoms with Gasteiger partial charge in [-0.2, -0.15) is 0 Å². The second-order valence-corrected chi connectivity index (χ2v) is 9.03. The van der Waals surface area contributed by atoms with E-state index in [-0.39, 0.29) is 16.6 Å². The average Bonchev–Trinajstić information content (AvgIpc) is 2.83. The first-order valence-corrected chi connectivity index (χ1v) is 9.30. The summed E-state index contributed by atoms with van der Waals surface area (Å²) in [6.45, 7) is 4.56. The van der Waals surface area contributed by atoms with Gasteiger partial charge in [-0.1, -0.05) is 13.8 Å². The van der Waals surface area contributed by atoms with Crippen LogP contribution < -0.4 is 0 Å². The number of Topliss-reactive ketones (excluding diaryl/α,β-unsaturated/α-hetero) is 2. The van der Waals surface area contributed by atoms with Crippen molar-refractivity contribution in [3.63, 3.8) is 0 Å². The van der Waals surface area contributed by atoms with E-state index in [1.807, 2.05) is 0 Å². The lowest BCUT2D eigenvalue weighted by molar-refractivity contribution is -0.140. The van der Waals surface area contributed by atoms with Gasteiger partial charge < -0.3 is 5.11 Å². The molecule has 0 amide bonds. The maximum Gasteiger partial charge on any atom is 0.162 e. The molecule has 0 saturated heterocycles. The molecular formula is C20H28O3. The molecule has 0 aromatic heterocycles. The van der Waals surface area contributed by atoms with Crippen molar-refractivity contribution in [1.82, 2.24) is 0 Å². The van der Waals surface area contributed by atoms with Crippen molar-refractivity contribution in [2.75, 3.05) is 0 Å². The number of rotatable bonds is 0. The third-order valence-electron chi connectivity index (χ3n) is 8.29. The highest BCUT2D eigenvalue weighted by Gasteiger charge is 2.60. The average molecular weight is 316 g/mol. The lowest BCUT2D eigenvalue weighted by atomic mass is 9.45. The van der Waals surface area contributed by atoms with E-state index in [1.165, 1.54) is 6.42 Å². The minimum atomic E-state index is -0.0789. The highest BCUT2D eigenvalue weighted by atomic mass is 16.2. The molecule has 3 nitrogen and oxygen atoms in total. The Bertz CT molecular complexity index is 592. The van der Waals surface area contributed by atoms with Crippen molar-refractivity contribution < 1.29 is 14.7 Å². The number of aliphatic hydroxyl groups excluding tert-OH is 1. The van der Waals surface area contributed by atoms with Gasteiger partial charge in [-0.15, -0.1) is 0 Å². The molecule has 0 aliphatic heterocycles. The standard InChI is InChI=1S/C20H28O3/c1-19-8-7-16-14(15(19)5-6-18(19)23)4-3-13-9-17(22)12(11-21)10-20(13,16)2/h11,13-16,21H,3-10H2,1-2H3/t13-,14-,15-,16-,19-,20-/m0/s1. The van der Waals surface area contributed by atoms with Crippen LogP contribution in [-0.4, -0.2) is 16.7 Å². The van der Waals surface area contributed by atoms with Gasteiger partial charge in [0, 0.05) is 23.8 Å². The van der Waals surface area contributed by atoms with Gasteiger partial charge >= 0.3 is 0 Å². The molecule has 1 N–H and O–H groups in total. The van der Waals surface area contributed by atoms with E-state index < -0.39 is 0 Å². The lowest BCUT2D eigenvalue weighted by Crippen LogP contribution is -2.54. The first kappa shape index (κ1) is 15.4. The topological polar surface area (TPSA) is 54.4 Å². The second-order valence-electron chi connectivity index (χ2n) is 9.03. The van der Waals surface area contributed by atoms with Gasteiger partial charge in [-0.05, 0) is 67.6 Å². The largest absolute Gasteiger partial charge is 0.515 e. The van der Waals surface area contributed by atoms with Crippen LogP contribution in [0.4, 0.5) is 0 Å². The summed E-state index contributed by atoms with van der Waals surface area (Å²) in [6, 6.07) is 0. The summed E-state index contributed by atoms with van der Waals surface area (Å²) in [5.74, 6) is 2.88. The van der Waals surface area contributed by atoms with E-state index in [2.05, 4.69) is 13.8 Å². The summed E-state index contributed by atoms with van der Waals surface area (Å²) >= 11 is 0. The third kappa shape index (κ3) is 1.94. The van der Waals surface area contributed by atoms with Gasteiger partial charge in [-0.3, -0.25) is 9.59 Å². The molecule has 0 aromatic carbocycles. The van der Waals surface area contributed by atoms with Crippen LogP contribution in [0.2, 0.25) is 0 Å². The summed E-state index contributed by atoms with van der Waals surface area (Å²) in [5.41, 5.74) is 0.670. The van der Waals surface area contributed by atoms with Crippen molar-refractivity contribution in [2.45, 2.75) is 65.2 Å². The smallest absolute Gasteiger partial charge is 0.162 e. The SMILES string of the molecule is C[C@]12CC(=CO)C(=O)C[C@@H]1CC[C@@H]1[C@@H]2CC[C@]2(C)C(=O)CC[C@@H]12. The van der Waals surface area contributed by atoms with E-state index in [4.69, 9.17) is 0 Å². The van der Waals surface area contributed by atoms with E-state index in [0.717, 1.165) is 44.8 Å². The molecule has 6 atom stereocenters. The molecule has 0 heterocycles. The Morgan fingerprint density at radius 2 is 1.87 bits per heavy atom. The zero-order chi connectivity index (χ0) is 16.4. The molecule has 0 aromatic rings. The highest BCUT2D eigenvalue weighted by molar-refractivity contribution is 5.96. The quantitative estimate of drug-likeness (QED) is 0.538. The summed E-state index contributed by atoms with van der Waals surface area (Å²) in [4.78, 5) is 24.6. The molecule has 4 aliphatic carbocycles. The highest BCUT2D eigenvalue weighted by Crippen LogP contribution is 2.65. The van der Waals surface area contributed by atoms with E-state index in [9.17, 15) is 14.7 Å². The molecule has 4 saturated carbocycles. The number of carbonyl (C=O) groups is 2. The Kier molecular flexibility index (Phi) is 3.31. The van der Waals surface area contributed by atoms with Crippen LogP contribution in [0, 0.1) is 34.5 Å². The summed E-state index contributed by atoms with van der Waals surface area (Å²) < 4.78 is 0. The Morgan fingerprint density at radius 3 is 2.61 bits per heavy atom. The predicted octanol–water partition coefficient (Wildman–Crippen LogP) is 4.22. The lowest BCUT2D eigenvalue weighted by Gasteiger charge is -2.59. The van der Waals surface area contributed by atoms with Crippen LogP contribution >= 0.6 is 0 Å². The molecule has 0 radical (unpaired) electrons. The third-order valence-corrected chi connectivity index (χ3v) is 8.29. The van der Waals surface area contributed by atoms with Crippen LogP contribution in [-0.2, 0) is 9.59 Å². The Hall–Kier alpha value is -1.12. The number of hydrogen-bond acceptors (Lipinski definition) is 3. The van der Waals surface area contributed by atoms with Gasteiger partial charge in [0.1, 0.15) is 5.78 Å². The van der Waals surface area contributed by atoms with Crippen molar-refractivity contribution in [1.29, 1.82) is 0 Å². The first-order valence-electron chi connectivity index (χ1n) is 9.30. The van der Waals surface area contributed by atoms with Crippen LogP contribution in [0.1, 0.15) is 65.2 Å². The minimum Gasteiger partial charge on any atom is -0.515 e. The zero-order valence-electron chi connectivity index (χ0n) is 14.3. The van der Waals surface area contributed by atoms with Crippen molar-refractivity contribution >= 4 is 11.6 Å². The van der Waals surface area contributed by atoms with E-state index in [1.54, 1.807) is 0 Å². The van der Waals surface area contributed by atoms with Crippen LogP contribution in [0.25, 0.3) is 0 Å². The second kappa shape index (κ2) is 4.94. The summed E-state index contributed by atoms with van der Waals surface area (Å²) in [6.07, 6.45) is 8.66. The fraction of sp³-hybridized carbons (Fsp3) is 0.800. The van der Waals surface area contributed by atoms with Crippen LogP contribution in [0.3, 0.4) is 0 Å². The van der Waals surface area contributed by atoms with Gasteiger partial charge in [0.15, 0.2) is 5.78 Å². The molecule has 23 heavy (non-hydrogen) atoms. The Morgan fingerprint density at radius 1 is 1.09 bits per heavy atom. The predicted molar refractivity (Wildman–Crippen MR) is 87.8 cm³/mol. The molecule has 3 heteroatoms. The molecule has 4 rings (SSSR count). The Labute approximate surface area is 138 Å². The molecule has 4 fully saturated rings. The number of hydrogen-bond donors (Lipinski definition) is 1. The minimum absolute atomic E-state index is 0.0789. The van der Waals surface area contributed by atoms with E-state index >= 15 is 0 Å². The van der Waals surface area contributed by atoms with Gasteiger partial charge in [0.2, 0.25) is 0 Å². The molecule has 0 spiro atoms. The summed E-state index contributed by atoms with van der Waals surface area (Å²) in [7, 11) is 0. The van der Waals surface area contributed by atoms with Crippen molar-refractivity contribution in [3.05, 3.63) is 11.8 Å². The van der Waals surface area contributed by atoms with Crippen LogP contribution in [0.15, 0.2) is 11.8 Å². The number of ketones is 2. The number of aliphatic hydroxyl groups is 1. The first-order chi connectivity index (χ1) is 10.9. The van der Waals surface area contributed by atoms with Gasteiger partial charge in [0.25, 0.3) is 0 Å².